The Morgan fingerprint density at radius 3 is 0.861 bits per heavy atom. The second-order valence-corrected chi connectivity index (χ2v) is 19.8. The molecule has 0 fully saturated rings. The molecule has 0 amide bonds. The van der Waals surface area contributed by atoms with Gasteiger partial charge in [0.15, 0.2) is 6.10 Å². The minimum atomic E-state index is -0.791. The van der Waals surface area contributed by atoms with E-state index in [-0.39, 0.29) is 31.1 Å². The monoisotopic (exact) mass is 1000 g/mol. The lowest BCUT2D eigenvalue weighted by molar-refractivity contribution is -0.167. The van der Waals surface area contributed by atoms with Crippen LogP contribution in [0.4, 0.5) is 0 Å². The maximum atomic E-state index is 12.9. The van der Waals surface area contributed by atoms with Crippen molar-refractivity contribution in [2.24, 2.45) is 0 Å². The molecule has 1 atom stereocenters. The lowest BCUT2D eigenvalue weighted by Crippen LogP contribution is -2.30. The standard InChI is InChI=1S/C66H112O6/c1-4-7-10-13-16-19-22-25-28-29-30-31-32-33-34-35-36-37-39-41-44-47-50-53-56-59-65(68)71-62-63(61-70-64(67)58-55-52-49-46-43-40-27-24-21-18-15-12-9-6-3)72-66(69)60-57-54-51-48-45-42-38-26-23-20-17-14-11-8-5-2/h7-8,10-11,16-17,19-20,24-28,30-31,38,63H,4-6,9,12-15,18,21-23,29,32-37,39-62H2,1-3H3/b10-7-,11-8-,19-16-,20-17-,27-24-,28-25-,31-30-,38-26-. The molecule has 72 heavy (non-hydrogen) atoms. The van der Waals surface area contributed by atoms with Crippen molar-refractivity contribution in [3.05, 3.63) is 97.2 Å². The van der Waals surface area contributed by atoms with E-state index >= 15 is 0 Å². The molecule has 0 aliphatic carbocycles. The molecule has 0 heterocycles. The second-order valence-electron chi connectivity index (χ2n) is 19.8. The molecule has 6 nitrogen and oxygen atoms in total. The molecule has 0 aliphatic rings. The second kappa shape index (κ2) is 59.9. The Balaban J connectivity index is 4.32. The molecule has 0 rings (SSSR count). The summed E-state index contributed by atoms with van der Waals surface area (Å²) in [6.45, 7) is 6.40. The first-order valence-electron chi connectivity index (χ1n) is 30.2. The molecule has 0 bridgehead atoms. The van der Waals surface area contributed by atoms with Crippen molar-refractivity contribution in [1.29, 1.82) is 0 Å². The average Bonchev–Trinajstić information content (AvgIpc) is 3.38. The van der Waals surface area contributed by atoms with Crippen LogP contribution in [0.2, 0.25) is 0 Å². The van der Waals surface area contributed by atoms with E-state index < -0.39 is 6.10 Å². The highest BCUT2D eigenvalue weighted by atomic mass is 16.6. The third kappa shape index (κ3) is 57.2. The van der Waals surface area contributed by atoms with Gasteiger partial charge in [0.1, 0.15) is 13.2 Å². The Bertz CT molecular complexity index is 1430. The van der Waals surface area contributed by atoms with Gasteiger partial charge in [0.05, 0.1) is 0 Å². The quantitative estimate of drug-likeness (QED) is 0.0261. The van der Waals surface area contributed by atoms with Gasteiger partial charge < -0.3 is 14.2 Å². The van der Waals surface area contributed by atoms with Crippen molar-refractivity contribution in [2.75, 3.05) is 13.2 Å². The summed E-state index contributed by atoms with van der Waals surface area (Å²) in [6, 6.07) is 0. The summed E-state index contributed by atoms with van der Waals surface area (Å²) in [5.41, 5.74) is 0. The van der Waals surface area contributed by atoms with Crippen LogP contribution in [0.25, 0.3) is 0 Å². The Morgan fingerprint density at radius 1 is 0.292 bits per heavy atom. The van der Waals surface area contributed by atoms with E-state index in [1.165, 1.54) is 116 Å². The lowest BCUT2D eigenvalue weighted by Gasteiger charge is -2.18. The van der Waals surface area contributed by atoms with Crippen LogP contribution in [-0.2, 0) is 28.6 Å². The van der Waals surface area contributed by atoms with Gasteiger partial charge in [0.2, 0.25) is 0 Å². The minimum Gasteiger partial charge on any atom is -0.462 e. The molecule has 0 radical (unpaired) electrons. The molecule has 0 aromatic rings. The molecular formula is C66H112O6. The maximum Gasteiger partial charge on any atom is 0.306 e. The summed E-state index contributed by atoms with van der Waals surface area (Å²) in [5.74, 6) is -0.909. The van der Waals surface area contributed by atoms with Crippen LogP contribution in [0.5, 0.6) is 0 Å². The van der Waals surface area contributed by atoms with Gasteiger partial charge in [-0.15, -0.1) is 0 Å². The van der Waals surface area contributed by atoms with E-state index in [2.05, 4.69) is 118 Å². The lowest BCUT2D eigenvalue weighted by atomic mass is 10.0. The Kier molecular flexibility index (Phi) is 56.8. The summed E-state index contributed by atoms with van der Waals surface area (Å²) < 4.78 is 16.9. The van der Waals surface area contributed by atoms with Gasteiger partial charge in [-0.25, -0.2) is 0 Å². The summed E-state index contributed by atoms with van der Waals surface area (Å²) in [6.07, 6.45) is 79.8. The van der Waals surface area contributed by atoms with E-state index in [4.69, 9.17) is 14.2 Å². The zero-order valence-corrected chi connectivity index (χ0v) is 47.2. The topological polar surface area (TPSA) is 78.9 Å². The number of hydrogen-bond acceptors (Lipinski definition) is 6. The zero-order chi connectivity index (χ0) is 52.2. The third-order valence-electron chi connectivity index (χ3n) is 12.8. The summed E-state index contributed by atoms with van der Waals surface area (Å²) in [7, 11) is 0. The number of carbonyl (C=O) groups is 3. The van der Waals surface area contributed by atoms with Crippen molar-refractivity contribution >= 4 is 17.9 Å². The fourth-order valence-corrected chi connectivity index (χ4v) is 8.33. The van der Waals surface area contributed by atoms with Crippen LogP contribution in [0.15, 0.2) is 97.2 Å². The van der Waals surface area contributed by atoms with E-state index in [1.807, 2.05) is 0 Å². The van der Waals surface area contributed by atoms with Crippen LogP contribution >= 0.6 is 0 Å². The van der Waals surface area contributed by atoms with Crippen LogP contribution in [-0.4, -0.2) is 37.2 Å². The van der Waals surface area contributed by atoms with Crippen molar-refractivity contribution < 1.29 is 28.6 Å². The Morgan fingerprint density at radius 2 is 0.542 bits per heavy atom. The van der Waals surface area contributed by atoms with Gasteiger partial charge in [0.25, 0.3) is 0 Å². The molecule has 0 spiro atoms. The summed E-state index contributed by atoms with van der Waals surface area (Å²) in [4.78, 5) is 38.2. The van der Waals surface area contributed by atoms with Crippen molar-refractivity contribution in [2.45, 2.75) is 290 Å². The Hall–Kier alpha value is -3.67. The van der Waals surface area contributed by atoms with E-state index in [0.717, 1.165) is 128 Å². The number of ether oxygens (including phenoxy) is 3. The first kappa shape index (κ1) is 68.3. The fraction of sp³-hybridized carbons (Fsp3) is 0.712. The van der Waals surface area contributed by atoms with E-state index in [0.29, 0.717) is 19.3 Å². The number of carbonyl (C=O) groups excluding carboxylic acids is 3. The molecule has 0 saturated carbocycles. The van der Waals surface area contributed by atoms with Crippen molar-refractivity contribution in [3.8, 4) is 0 Å². The SMILES string of the molecule is CC/C=C\C/C=C\C/C=C\C/C=C\CCCCCCCCCCCCCCC(=O)OCC(COC(=O)CCCCCCC/C=C\CCCCCCC)OC(=O)CCCCCCC/C=C\C/C=C\C/C=C\CC. The number of esters is 3. The third-order valence-corrected chi connectivity index (χ3v) is 12.8. The average molecular weight is 1000 g/mol. The van der Waals surface area contributed by atoms with Crippen LogP contribution in [0.3, 0.4) is 0 Å². The molecule has 0 aromatic carbocycles. The molecule has 6 heteroatoms. The van der Waals surface area contributed by atoms with Gasteiger partial charge in [-0.2, -0.15) is 0 Å². The van der Waals surface area contributed by atoms with E-state index in [1.54, 1.807) is 0 Å². The molecule has 1 unspecified atom stereocenters. The molecule has 0 aliphatic heterocycles. The van der Waals surface area contributed by atoms with Gasteiger partial charge in [-0.3, -0.25) is 14.4 Å². The number of rotatable bonds is 54. The highest BCUT2D eigenvalue weighted by Crippen LogP contribution is 2.15. The number of allylic oxidation sites excluding steroid dienone is 16. The van der Waals surface area contributed by atoms with E-state index in [9.17, 15) is 14.4 Å². The fourth-order valence-electron chi connectivity index (χ4n) is 8.33. The van der Waals surface area contributed by atoms with Crippen LogP contribution < -0.4 is 0 Å². The summed E-state index contributed by atoms with van der Waals surface area (Å²) in [5, 5.41) is 0. The predicted octanol–water partition coefficient (Wildman–Crippen LogP) is 20.5. The minimum absolute atomic E-state index is 0.0876. The molecule has 0 aromatic heterocycles. The molecular weight excluding hydrogens is 889 g/mol. The van der Waals surface area contributed by atoms with Crippen LogP contribution in [0.1, 0.15) is 284 Å². The molecule has 0 N–H and O–H groups in total. The normalized spacial score (nSPS) is 12.8. The number of unbranched alkanes of at least 4 members (excludes halogenated alkanes) is 27. The zero-order valence-electron chi connectivity index (χ0n) is 47.2. The first-order chi connectivity index (χ1) is 35.5. The van der Waals surface area contributed by atoms with Gasteiger partial charge in [-0.05, 0) is 116 Å². The maximum absolute atomic E-state index is 12.9. The van der Waals surface area contributed by atoms with Gasteiger partial charge >= 0.3 is 17.9 Å². The van der Waals surface area contributed by atoms with Crippen molar-refractivity contribution in [1.82, 2.24) is 0 Å². The summed E-state index contributed by atoms with van der Waals surface area (Å²) >= 11 is 0. The van der Waals surface area contributed by atoms with Gasteiger partial charge in [0, 0.05) is 19.3 Å². The largest absolute Gasteiger partial charge is 0.462 e. The smallest absolute Gasteiger partial charge is 0.306 e. The highest BCUT2D eigenvalue weighted by molar-refractivity contribution is 5.71. The predicted molar refractivity (Wildman–Crippen MR) is 311 cm³/mol. The van der Waals surface area contributed by atoms with Crippen molar-refractivity contribution in [3.63, 3.8) is 0 Å². The number of hydrogen-bond donors (Lipinski definition) is 0. The van der Waals surface area contributed by atoms with Crippen LogP contribution in [0, 0.1) is 0 Å². The highest BCUT2D eigenvalue weighted by Gasteiger charge is 2.19. The Labute approximate surface area is 445 Å². The van der Waals surface area contributed by atoms with Gasteiger partial charge in [-0.1, -0.05) is 246 Å². The molecule has 412 valence electrons. The molecule has 0 saturated heterocycles. The first-order valence-corrected chi connectivity index (χ1v) is 30.2.